The molecule has 1 fully saturated rings. The molecule has 4 heterocycles. The highest BCUT2D eigenvalue weighted by atomic mass is 32.2. The fourth-order valence-corrected chi connectivity index (χ4v) is 5.73. The van der Waals surface area contributed by atoms with Crippen molar-refractivity contribution in [3.63, 3.8) is 0 Å². The van der Waals surface area contributed by atoms with Crippen molar-refractivity contribution in [2.75, 3.05) is 26.2 Å². The molecule has 11 heteroatoms. The molecule has 0 spiro atoms. The van der Waals surface area contributed by atoms with Crippen molar-refractivity contribution >= 4 is 37.9 Å². The van der Waals surface area contributed by atoms with Crippen LogP contribution in [-0.4, -0.2) is 69.2 Å². The number of aryl methyl sites for hydroxylation is 1. The van der Waals surface area contributed by atoms with Gasteiger partial charge in [-0.15, -0.1) is 0 Å². The zero-order chi connectivity index (χ0) is 23.2. The fraction of sp³-hybridized carbons (Fsp3) is 0.273. The Morgan fingerprint density at radius 2 is 1.79 bits per heavy atom. The number of fused-ring (bicyclic) bond motifs is 2. The van der Waals surface area contributed by atoms with Crippen LogP contribution in [0.5, 0.6) is 0 Å². The average Bonchev–Trinajstić information content (AvgIpc) is 3.27. The third-order valence-corrected chi connectivity index (χ3v) is 7.91. The molecule has 5 rings (SSSR count). The first-order chi connectivity index (χ1) is 15.9. The number of rotatable bonds is 4. The zero-order valence-corrected chi connectivity index (χ0v) is 18.7. The summed E-state index contributed by atoms with van der Waals surface area (Å²) in [5.41, 5.74) is 0.838. The van der Waals surface area contributed by atoms with E-state index in [1.54, 1.807) is 48.4 Å². The van der Waals surface area contributed by atoms with Gasteiger partial charge in [0, 0.05) is 44.0 Å². The Balaban J connectivity index is 1.31. The molecule has 0 atom stereocenters. The molecule has 3 aromatic heterocycles. The minimum Gasteiger partial charge on any atom is -0.345 e. The summed E-state index contributed by atoms with van der Waals surface area (Å²) in [6, 6.07) is 10.4. The van der Waals surface area contributed by atoms with Crippen molar-refractivity contribution in [1.29, 1.82) is 0 Å². The van der Waals surface area contributed by atoms with Crippen molar-refractivity contribution in [3.8, 4) is 0 Å². The highest BCUT2D eigenvalue weighted by Crippen LogP contribution is 2.25. The third kappa shape index (κ3) is 3.68. The van der Waals surface area contributed by atoms with Crippen molar-refractivity contribution in [1.82, 2.24) is 28.7 Å². The van der Waals surface area contributed by atoms with Gasteiger partial charge in [-0.2, -0.15) is 4.31 Å². The molecule has 0 saturated carbocycles. The summed E-state index contributed by atoms with van der Waals surface area (Å²) in [5, 5.41) is 0.995. The maximum atomic E-state index is 13.2. The molecule has 0 bridgehead atoms. The second-order valence-electron chi connectivity index (χ2n) is 7.90. The van der Waals surface area contributed by atoms with Gasteiger partial charge in [-0.1, -0.05) is 12.1 Å². The van der Waals surface area contributed by atoms with Gasteiger partial charge in [0.15, 0.2) is 0 Å². The van der Waals surface area contributed by atoms with Crippen LogP contribution in [0.4, 0.5) is 0 Å². The molecule has 0 radical (unpaired) electrons. The molecule has 1 aliphatic heterocycles. The van der Waals surface area contributed by atoms with E-state index >= 15 is 0 Å². The highest BCUT2D eigenvalue weighted by Gasteiger charge is 2.32. The lowest BCUT2D eigenvalue weighted by Crippen LogP contribution is -2.51. The largest absolute Gasteiger partial charge is 0.345 e. The quantitative estimate of drug-likeness (QED) is 0.481. The van der Waals surface area contributed by atoms with Crippen LogP contribution in [0.15, 0.2) is 58.5 Å². The van der Waals surface area contributed by atoms with E-state index in [0.29, 0.717) is 27.8 Å². The Labute approximate surface area is 189 Å². The van der Waals surface area contributed by atoms with Crippen molar-refractivity contribution in [3.05, 3.63) is 65.0 Å². The van der Waals surface area contributed by atoms with E-state index in [-0.39, 0.29) is 49.1 Å². The zero-order valence-electron chi connectivity index (χ0n) is 17.9. The smallest absolute Gasteiger partial charge is 0.261 e. The Hall–Kier alpha value is -3.57. The summed E-state index contributed by atoms with van der Waals surface area (Å²) in [6.45, 7) is 2.39. The van der Waals surface area contributed by atoms with Gasteiger partial charge in [0.25, 0.3) is 5.56 Å². The van der Waals surface area contributed by atoms with Gasteiger partial charge in [-0.05, 0) is 31.2 Å². The molecule has 4 aromatic rings. The van der Waals surface area contributed by atoms with E-state index in [9.17, 15) is 18.0 Å². The number of piperazine rings is 1. The van der Waals surface area contributed by atoms with E-state index < -0.39 is 10.0 Å². The molecular formula is C22H22N6O4S. The van der Waals surface area contributed by atoms with E-state index in [4.69, 9.17) is 0 Å². The van der Waals surface area contributed by atoms with E-state index in [1.165, 1.54) is 15.1 Å². The molecule has 1 aromatic carbocycles. The van der Waals surface area contributed by atoms with Gasteiger partial charge in [0.05, 0.1) is 10.9 Å². The van der Waals surface area contributed by atoms with Gasteiger partial charge in [0.2, 0.25) is 15.9 Å². The Morgan fingerprint density at radius 3 is 2.58 bits per heavy atom. The molecule has 1 saturated heterocycles. The average molecular weight is 467 g/mol. The standard InChI is InChI=1S/C22H22N6O4S/c1-15-25-18-7-3-2-5-16(18)22(30)28(15)14-20(29)26-9-11-27(12-10-26)33(31,32)19-13-24-21-17(19)6-4-8-23-21/h2-8,13H,9-12,14H2,1H3,(H,23,24). The summed E-state index contributed by atoms with van der Waals surface area (Å²) >= 11 is 0. The number of para-hydroxylation sites is 1. The number of H-pyrrole nitrogens is 1. The maximum Gasteiger partial charge on any atom is 0.261 e. The van der Waals surface area contributed by atoms with E-state index in [1.807, 2.05) is 6.07 Å². The van der Waals surface area contributed by atoms with Gasteiger partial charge >= 0.3 is 0 Å². The van der Waals surface area contributed by atoms with Gasteiger partial charge in [0.1, 0.15) is 22.9 Å². The number of amides is 1. The predicted octanol–water partition coefficient (Wildman–Crippen LogP) is 1.11. The first-order valence-electron chi connectivity index (χ1n) is 10.5. The van der Waals surface area contributed by atoms with Gasteiger partial charge < -0.3 is 9.88 Å². The first kappa shape index (κ1) is 21.3. The summed E-state index contributed by atoms with van der Waals surface area (Å²) in [6.07, 6.45) is 3.05. The number of aromatic amines is 1. The van der Waals surface area contributed by atoms with Gasteiger partial charge in [-0.3, -0.25) is 14.2 Å². The lowest BCUT2D eigenvalue weighted by molar-refractivity contribution is -0.133. The van der Waals surface area contributed by atoms with Crippen molar-refractivity contribution in [2.24, 2.45) is 0 Å². The lowest BCUT2D eigenvalue weighted by Gasteiger charge is -2.34. The Bertz CT molecular complexity index is 1530. The molecular weight excluding hydrogens is 444 g/mol. The number of carbonyl (C=O) groups is 1. The van der Waals surface area contributed by atoms with Crippen molar-refractivity contribution in [2.45, 2.75) is 18.4 Å². The molecule has 170 valence electrons. The molecule has 33 heavy (non-hydrogen) atoms. The van der Waals surface area contributed by atoms with E-state index in [2.05, 4.69) is 15.0 Å². The van der Waals surface area contributed by atoms with E-state index in [0.717, 1.165) is 0 Å². The molecule has 1 amide bonds. The summed E-state index contributed by atoms with van der Waals surface area (Å²) in [7, 11) is -3.73. The third-order valence-electron chi connectivity index (χ3n) is 5.97. The van der Waals surface area contributed by atoms with Crippen LogP contribution < -0.4 is 5.56 Å². The Kier molecular flexibility index (Phi) is 5.22. The summed E-state index contributed by atoms with van der Waals surface area (Å²) in [4.78, 5) is 39.0. The second-order valence-corrected chi connectivity index (χ2v) is 9.81. The van der Waals surface area contributed by atoms with Crippen molar-refractivity contribution < 1.29 is 13.2 Å². The SMILES string of the molecule is Cc1nc2ccccc2c(=O)n1CC(=O)N1CCN(S(=O)(=O)c2c[nH]c3ncccc23)CC1. The number of nitrogens with zero attached hydrogens (tertiary/aromatic N) is 5. The number of hydrogen-bond acceptors (Lipinski definition) is 6. The molecule has 0 aliphatic carbocycles. The first-order valence-corrected chi connectivity index (χ1v) is 12.0. The van der Waals surface area contributed by atoms with Crippen LogP contribution in [0.3, 0.4) is 0 Å². The normalized spacial score (nSPS) is 15.4. The fourth-order valence-electron chi connectivity index (χ4n) is 4.16. The molecule has 10 nitrogen and oxygen atoms in total. The topological polar surface area (TPSA) is 121 Å². The Morgan fingerprint density at radius 1 is 1.06 bits per heavy atom. The van der Waals surface area contributed by atoms with Crippen LogP contribution in [0.25, 0.3) is 21.9 Å². The number of aromatic nitrogens is 4. The van der Waals surface area contributed by atoms with Gasteiger partial charge in [-0.25, -0.2) is 18.4 Å². The number of benzene rings is 1. The lowest BCUT2D eigenvalue weighted by atomic mass is 10.2. The minimum atomic E-state index is -3.73. The van der Waals surface area contributed by atoms with Crippen LogP contribution in [0.1, 0.15) is 5.82 Å². The van der Waals surface area contributed by atoms with Crippen LogP contribution in [-0.2, 0) is 21.4 Å². The molecule has 1 N–H and O–H groups in total. The second kappa shape index (κ2) is 8.09. The van der Waals surface area contributed by atoms with Crippen LogP contribution >= 0.6 is 0 Å². The number of hydrogen-bond donors (Lipinski definition) is 1. The minimum absolute atomic E-state index is 0.136. The van der Waals surface area contributed by atoms with Crippen LogP contribution in [0.2, 0.25) is 0 Å². The number of sulfonamides is 1. The molecule has 1 aliphatic rings. The molecule has 0 unspecified atom stereocenters. The predicted molar refractivity (Wildman–Crippen MR) is 122 cm³/mol. The summed E-state index contributed by atoms with van der Waals surface area (Å²) < 4.78 is 29.1. The maximum absolute atomic E-state index is 13.2. The number of pyridine rings is 1. The highest BCUT2D eigenvalue weighted by molar-refractivity contribution is 7.89. The number of nitrogens with one attached hydrogen (secondary N) is 1. The summed E-state index contributed by atoms with van der Waals surface area (Å²) in [5.74, 6) is 0.215. The van der Waals surface area contributed by atoms with Crippen LogP contribution in [0, 0.1) is 6.92 Å². The monoisotopic (exact) mass is 466 g/mol. The number of carbonyl (C=O) groups excluding carboxylic acids is 1.